The Morgan fingerprint density at radius 2 is 1.63 bits per heavy atom. The van der Waals surface area contributed by atoms with Crippen molar-refractivity contribution in [3.8, 4) is 0 Å². The van der Waals surface area contributed by atoms with Crippen molar-refractivity contribution in [2.24, 2.45) is 5.92 Å². The summed E-state index contributed by atoms with van der Waals surface area (Å²) in [4.78, 5) is 39.0. The molecule has 30 heavy (non-hydrogen) atoms. The Morgan fingerprint density at radius 3 is 2.43 bits per heavy atom. The van der Waals surface area contributed by atoms with Crippen molar-refractivity contribution in [2.45, 2.75) is 102 Å². The van der Waals surface area contributed by atoms with Gasteiger partial charge in [0.25, 0.3) is 5.56 Å². The van der Waals surface area contributed by atoms with E-state index in [1.54, 1.807) is 0 Å². The molecule has 3 heterocycles. The molecular weight excluding hydrogens is 376 g/mol. The third-order valence-electron chi connectivity index (χ3n) is 8.02. The van der Waals surface area contributed by atoms with Crippen LogP contribution in [0.25, 0.3) is 0 Å². The van der Waals surface area contributed by atoms with Crippen LogP contribution in [0.1, 0.15) is 100 Å². The van der Waals surface area contributed by atoms with Crippen molar-refractivity contribution in [2.75, 3.05) is 13.1 Å². The highest BCUT2D eigenvalue weighted by Gasteiger charge is 2.35. The van der Waals surface area contributed by atoms with Crippen molar-refractivity contribution in [3.05, 3.63) is 27.4 Å². The van der Waals surface area contributed by atoms with E-state index in [-0.39, 0.29) is 17.5 Å². The van der Waals surface area contributed by atoms with Gasteiger partial charge in [-0.05, 0) is 51.4 Å². The van der Waals surface area contributed by atoms with Gasteiger partial charge in [-0.15, -0.1) is 0 Å². The van der Waals surface area contributed by atoms with E-state index >= 15 is 0 Å². The van der Waals surface area contributed by atoms with Crippen molar-refractivity contribution < 1.29 is 4.79 Å². The number of hydrogen-bond donors (Lipinski definition) is 1. The van der Waals surface area contributed by atoms with E-state index in [0.717, 1.165) is 75.2 Å². The van der Waals surface area contributed by atoms with Gasteiger partial charge in [0, 0.05) is 37.2 Å². The Kier molecular flexibility index (Phi) is 5.94. The van der Waals surface area contributed by atoms with Crippen molar-refractivity contribution >= 4 is 5.91 Å². The number of carbonyl (C=O) groups is 1. The highest BCUT2D eigenvalue weighted by Crippen LogP contribution is 2.34. The number of likely N-dealkylation sites (tertiary alicyclic amines) is 1. The number of H-pyrrole nitrogens is 1. The molecule has 1 atom stereocenters. The van der Waals surface area contributed by atoms with E-state index < -0.39 is 0 Å². The number of hydrogen-bond acceptors (Lipinski definition) is 4. The molecule has 2 saturated carbocycles. The highest BCUT2D eigenvalue weighted by atomic mass is 16.2. The molecule has 6 heteroatoms. The third-order valence-corrected chi connectivity index (χ3v) is 8.02. The minimum Gasteiger partial charge on any atom is -0.332 e. The van der Waals surface area contributed by atoms with Gasteiger partial charge in [-0.1, -0.05) is 32.1 Å². The fraction of sp³-hybridized carbons (Fsp3) is 0.792. The van der Waals surface area contributed by atoms with Crippen molar-refractivity contribution in [1.29, 1.82) is 0 Å². The minimum absolute atomic E-state index is 0.0247. The molecule has 2 aliphatic heterocycles. The summed E-state index contributed by atoms with van der Waals surface area (Å²) in [7, 11) is 0. The lowest BCUT2D eigenvalue weighted by Crippen LogP contribution is -2.44. The van der Waals surface area contributed by atoms with Gasteiger partial charge in [0.2, 0.25) is 5.91 Å². The summed E-state index contributed by atoms with van der Waals surface area (Å²) in [5.74, 6) is 1.20. The minimum atomic E-state index is -0.0620. The van der Waals surface area contributed by atoms with E-state index in [1.807, 2.05) is 0 Å². The summed E-state index contributed by atoms with van der Waals surface area (Å²) in [6.45, 7) is 2.56. The average Bonchev–Trinajstić information content (AvgIpc) is 3.34. The molecule has 0 spiro atoms. The summed E-state index contributed by atoms with van der Waals surface area (Å²) in [5.41, 5.74) is 1.85. The van der Waals surface area contributed by atoms with Crippen LogP contribution in [0, 0.1) is 5.92 Å². The zero-order valence-corrected chi connectivity index (χ0v) is 18.2. The Bertz CT molecular complexity index is 823. The topological polar surface area (TPSA) is 69.3 Å². The van der Waals surface area contributed by atoms with Gasteiger partial charge in [-0.2, -0.15) is 0 Å². The molecule has 0 unspecified atom stereocenters. The van der Waals surface area contributed by atoms with E-state index in [0.29, 0.717) is 11.9 Å². The SMILES string of the molecule is O=C(C1CCCCC1)N1CCCC[C@@H]1c1nc2c(c(=O)[nH]1)CCN(C1CCCC1)C2. The number of piperidine rings is 1. The van der Waals surface area contributed by atoms with Crippen LogP contribution in [0.15, 0.2) is 4.79 Å². The monoisotopic (exact) mass is 412 g/mol. The van der Waals surface area contributed by atoms with Crippen LogP contribution >= 0.6 is 0 Å². The summed E-state index contributed by atoms with van der Waals surface area (Å²) in [6, 6.07) is 0.592. The highest BCUT2D eigenvalue weighted by molar-refractivity contribution is 5.79. The number of fused-ring (bicyclic) bond motifs is 1. The second kappa shape index (κ2) is 8.81. The molecule has 1 saturated heterocycles. The maximum Gasteiger partial charge on any atom is 0.254 e. The summed E-state index contributed by atoms with van der Waals surface area (Å²) < 4.78 is 0. The quantitative estimate of drug-likeness (QED) is 0.822. The first-order chi connectivity index (χ1) is 14.7. The van der Waals surface area contributed by atoms with E-state index in [9.17, 15) is 9.59 Å². The fourth-order valence-corrected chi connectivity index (χ4v) is 6.28. The lowest BCUT2D eigenvalue weighted by molar-refractivity contribution is -0.140. The number of nitrogens with one attached hydrogen (secondary N) is 1. The second-order valence-corrected chi connectivity index (χ2v) is 9.91. The van der Waals surface area contributed by atoms with E-state index in [1.165, 1.54) is 44.9 Å². The summed E-state index contributed by atoms with van der Waals surface area (Å²) in [5, 5.41) is 0. The number of aromatic amines is 1. The maximum atomic E-state index is 13.3. The predicted octanol–water partition coefficient (Wildman–Crippen LogP) is 3.70. The largest absolute Gasteiger partial charge is 0.332 e. The molecule has 164 valence electrons. The molecule has 6 nitrogen and oxygen atoms in total. The third kappa shape index (κ3) is 3.95. The number of rotatable bonds is 3. The number of aromatic nitrogens is 2. The standard InChI is InChI=1S/C24H36N4O2/c29-23-19-13-15-27(18-10-4-5-11-18)16-20(19)25-22(26-23)21-12-6-7-14-28(21)24(30)17-8-2-1-3-9-17/h17-18,21H,1-16H2,(H,25,26,29)/t21-/m1/s1. The lowest BCUT2D eigenvalue weighted by atomic mass is 9.87. The molecule has 1 N–H and O–H groups in total. The molecule has 1 amide bonds. The molecule has 5 rings (SSSR count). The van der Waals surface area contributed by atoms with Crippen LogP contribution in [0.4, 0.5) is 0 Å². The van der Waals surface area contributed by atoms with Crippen LogP contribution < -0.4 is 5.56 Å². The van der Waals surface area contributed by atoms with Crippen LogP contribution in [0.5, 0.6) is 0 Å². The molecule has 0 aromatic carbocycles. The Hall–Kier alpha value is -1.69. The summed E-state index contributed by atoms with van der Waals surface area (Å²) in [6.07, 6.45) is 14.7. The molecular formula is C24H36N4O2. The number of amides is 1. The van der Waals surface area contributed by atoms with Gasteiger partial charge < -0.3 is 9.88 Å². The van der Waals surface area contributed by atoms with Crippen LogP contribution in [-0.2, 0) is 17.8 Å². The number of nitrogens with zero attached hydrogens (tertiary/aromatic N) is 3. The molecule has 2 aliphatic carbocycles. The molecule has 0 bridgehead atoms. The van der Waals surface area contributed by atoms with Crippen molar-refractivity contribution in [3.63, 3.8) is 0 Å². The zero-order chi connectivity index (χ0) is 20.5. The first-order valence-corrected chi connectivity index (χ1v) is 12.4. The van der Waals surface area contributed by atoms with Crippen LogP contribution in [0.3, 0.4) is 0 Å². The number of carbonyl (C=O) groups excluding carboxylic acids is 1. The van der Waals surface area contributed by atoms with Gasteiger partial charge in [0.1, 0.15) is 5.82 Å². The van der Waals surface area contributed by atoms with Crippen molar-refractivity contribution in [1.82, 2.24) is 19.8 Å². The Labute approximate surface area is 179 Å². The van der Waals surface area contributed by atoms with Crippen LogP contribution in [-0.4, -0.2) is 44.8 Å². The van der Waals surface area contributed by atoms with Gasteiger partial charge in [0.05, 0.1) is 11.7 Å². The Morgan fingerprint density at radius 1 is 0.900 bits per heavy atom. The lowest BCUT2D eigenvalue weighted by Gasteiger charge is -2.38. The average molecular weight is 413 g/mol. The second-order valence-electron chi connectivity index (χ2n) is 9.91. The first-order valence-electron chi connectivity index (χ1n) is 12.4. The fourth-order valence-electron chi connectivity index (χ4n) is 6.28. The molecule has 4 aliphatic rings. The maximum absolute atomic E-state index is 13.3. The molecule has 1 aromatic heterocycles. The van der Waals surface area contributed by atoms with E-state index in [4.69, 9.17) is 4.98 Å². The molecule has 1 aromatic rings. The van der Waals surface area contributed by atoms with E-state index in [2.05, 4.69) is 14.8 Å². The van der Waals surface area contributed by atoms with Crippen LogP contribution in [0.2, 0.25) is 0 Å². The summed E-state index contributed by atoms with van der Waals surface area (Å²) >= 11 is 0. The Balaban J connectivity index is 1.39. The van der Waals surface area contributed by atoms with Gasteiger partial charge >= 0.3 is 0 Å². The first kappa shape index (κ1) is 20.2. The zero-order valence-electron chi connectivity index (χ0n) is 18.2. The normalized spacial score (nSPS) is 26.7. The van der Waals surface area contributed by atoms with Gasteiger partial charge in [-0.25, -0.2) is 4.98 Å². The van der Waals surface area contributed by atoms with Gasteiger partial charge in [0.15, 0.2) is 0 Å². The van der Waals surface area contributed by atoms with Gasteiger partial charge in [-0.3, -0.25) is 14.5 Å². The molecule has 0 radical (unpaired) electrons. The smallest absolute Gasteiger partial charge is 0.254 e. The predicted molar refractivity (Wildman–Crippen MR) is 116 cm³/mol. The molecule has 3 fully saturated rings.